The number of carbonyl (C=O) groups excluding carboxylic acids is 1. The smallest absolute Gasteiger partial charge is 0.264 e. The summed E-state index contributed by atoms with van der Waals surface area (Å²) in [6.45, 7) is 0. The number of fused-ring (bicyclic) bond motifs is 1. The number of nitrogens with zero attached hydrogens (tertiary/aromatic N) is 3. The molecule has 2 aromatic heterocycles. The van der Waals surface area contributed by atoms with E-state index in [4.69, 9.17) is 0 Å². The van der Waals surface area contributed by atoms with Crippen molar-refractivity contribution in [3.63, 3.8) is 0 Å². The summed E-state index contributed by atoms with van der Waals surface area (Å²) in [6, 6.07) is 2.42. The number of hydrogen-bond acceptors (Lipinski definition) is 5. The van der Waals surface area contributed by atoms with Gasteiger partial charge in [-0.15, -0.1) is 11.3 Å². The van der Waals surface area contributed by atoms with Crippen molar-refractivity contribution in [2.24, 2.45) is 0 Å². The van der Waals surface area contributed by atoms with Gasteiger partial charge in [-0.25, -0.2) is 4.98 Å². The van der Waals surface area contributed by atoms with Crippen LogP contribution in [0.5, 0.6) is 0 Å². The van der Waals surface area contributed by atoms with Gasteiger partial charge in [0.25, 0.3) is 5.91 Å². The second-order valence-corrected chi connectivity index (χ2v) is 8.63. The van der Waals surface area contributed by atoms with Gasteiger partial charge < -0.3 is 9.80 Å². The Kier molecular flexibility index (Phi) is 5.21. The first-order valence-electron chi connectivity index (χ1n) is 8.41. The zero-order valence-corrected chi connectivity index (χ0v) is 15.8. The lowest BCUT2D eigenvalue weighted by Gasteiger charge is -2.29. The first-order valence-corrected chi connectivity index (χ1v) is 10.0. The first-order chi connectivity index (χ1) is 11.1. The van der Waals surface area contributed by atoms with Crippen LogP contribution in [0.4, 0.5) is 5.13 Å². The number of hydrogen-bond donors (Lipinski definition) is 0. The molecule has 0 atom stereocenters. The van der Waals surface area contributed by atoms with Gasteiger partial charge in [-0.3, -0.25) is 4.79 Å². The second-order valence-electron chi connectivity index (χ2n) is 6.59. The third-order valence-electron chi connectivity index (χ3n) is 4.61. The van der Waals surface area contributed by atoms with E-state index in [-0.39, 0.29) is 5.91 Å². The average Bonchev–Trinajstić information content (AvgIpc) is 3.04. The van der Waals surface area contributed by atoms with E-state index in [0.29, 0.717) is 6.04 Å². The summed E-state index contributed by atoms with van der Waals surface area (Å²) in [5, 5.41) is 0.999. The molecule has 2 heterocycles. The van der Waals surface area contributed by atoms with Gasteiger partial charge in [-0.1, -0.05) is 43.4 Å². The molecule has 0 spiro atoms. The third-order valence-corrected chi connectivity index (χ3v) is 6.93. The molecule has 0 aromatic carbocycles. The minimum atomic E-state index is 0.164. The van der Waals surface area contributed by atoms with E-state index in [1.165, 1.54) is 43.4 Å². The van der Waals surface area contributed by atoms with E-state index in [9.17, 15) is 4.79 Å². The molecule has 0 aliphatic heterocycles. The maximum absolute atomic E-state index is 12.8. The Labute approximate surface area is 146 Å². The van der Waals surface area contributed by atoms with Crippen molar-refractivity contribution in [1.82, 2.24) is 9.88 Å². The Bertz CT molecular complexity index is 637. The molecule has 0 radical (unpaired) electrons. The number of thiophene rings is 1. The Morgan fingerprint density at radius 3 is 2.35 bits per heavy atom. The van der Waals surface area contributed by atoms with Gasteiger partial charge in [0.2, 0.25) is 0 Å². The van der Waals surface area contributed by atoms with Gasteiger partial charge in [0.15, 0.2) is 5.13 Å². The molecule has 0 N–H and O–H groups in total. The summed E-state index contributed by atoms with van der Waals surface area (Å²) >= 11 is 3.18. The van der Waals surface area contributed by atoms with Gasteiger partial charge >= 0.3 is 0 Å². The number of amides is 1. The molecule has 6 heteroatoms. The molecule has 0 bridgehead atoms. The minimum absolute atomic E-state index is 0.164. The van der Waals surface area contributed by atoms with Crippen molar-refractivity contribution in [3.05, 3.63) is 10.9 Å². The molecule has 126 valence electrons. The second kappa shape index (κ2) is 7.18. The molecule has 2 aromatic rings. The Morgan fingerprint density at radius 2 is 1.74 bits per heavy atom. The number of rotatable bonds is 3. The maximum atomic E-state index is 12.8. The van der Waals surface area contributed by atoms with E-state index in [1.807, 2.05) is 37.0 Å². The molecule has 1 fully saturated rings. The van der Waals surface area contributed by atoms with Gasteiger partial charge in [0.05, 0.1) is 9.58 Å². The van der Waals surface area contributed by atoms with Gasteiger partial charge in [-0.05, 0) is 18.9 Å². The highest BCUT2D eigenvalue weighted by Crippen LogP contribution is 2.34. The zero-order valence-electron chi connectivity index (χ0n) is 14.2. The largest absolute Gasteiger partial charge is 0.354 e. The molecule has 1 aliphatic carbocycles. The first kappa shape index (κ1) is 16.7. The predicted octanol–water partition coefficient (Wildman–Crippen LogP) is 4.61. The molecule has 1 saturated carbocycles. The SMILES string of the molecule is CN(C)c1nc2sc(C(=O)N(C)C3CCCCCCC3)cc2s1. The number of thiazole rings is 1. The van der Waals surface area contributed by atoms with Crippen LogP contribution < -0.4 is 4.90 Å². The van der Waals surface area contributed by atoms with Crippen LogP contribution in [0.1, 0.15) is 54.6 Å². The molecular formula is C17H25N3OS2. The lowest BCUT2D eigenvalue weighted by Crippen LogP contribution is -2.37. The van der Waals surface area contributed by atoms with Crippen LogP contribution in [0.3, 0.4) is 0 Å². The van der Waals surface area contributed by atoms with Crippen LogP contribution in [0.25, 0.3) is 9.53 Å². The Balaban J connectivity index is 1.74. The number of anilines is 1. The quantitative estimate of drug-likeness (QED) is 0.810. The van der Waals surface area contributed by atoms with Gasteiger partial charge in [-0.2, -0.15) is 0 Å². The summed E-state index contributed by atoms with van der Waals surface area (Å²) in [6.07, 6.45) is 8.75. The van der Waals surface area contributed by atoms with Gasteiger partial charge in [0.1, 0.15) is 4.83 Å². The summed E-state index contributed by atoms with van der Waals surface area (Å²) in [4.78, 5) is 23.2. The molecule has 3 rings (SSSR count). The molecule has 4 nitrogen and oxygen atoms in total. The minimum Gasteiger partial charge on any atom is -0.354 e. The van der Waals surface area contributed by atoms with Crippen LogP contribution in [0.15, 0.2) is 6.07 Å². The lowest BCUT2D eigenvalue weighted by atomic mass is 9.96. The predicted molar refractivity (Wildman–Crippen MR) is 100 cm³/mol. The van der Waals surface area contributed by atoms with Crippen molar-refractivity contribution in [1.29, 1.82) is 0 Å². The average molecular weight is 352 g/mol. The fourth-order valence-corrected chi connectivity index (χ4v) is 5.30. The van der Waals surface area contributed by atoms with E-state index >= 15 is 0 Å². The lowest BCUT2D eigenvalue weighted by molar-refractivity contribution is 0.0712. The normalized spacial score (nSPS) is 17.0. The van der Waals surface area contributed by atoms with E-state index in [1.54, 1.807) is 11.3 Å². The van der Waals surface area contributed by atoms with E-state index < -0.39 is 0 Å². The van der Waals surface area contributed by atoms with Crippen molar-refractivity contribution >= 4 is 43.2 Å². The fourth-order valence-electron chi connectivity index (χ4n) is 3.18. The molecule has 1 aliphatic rings. The zero-order chi connectivity index (χ0) is 16.4. The summed E-state index contributed by atoms with van der Waals surface area (Å²) < 4.78 is 1.12. The molecule has 0 saturated heterocycles. The fraction of sp³-hybridized carbons (Fsp3) is 0.647. The topological polar surface area (TPSA) is 36.4 Å². The molecular weight excluding hydrogens is 326 g/mol. The van der Waals surface area contributed by atoms with Crippen LogP contribution in [-0.2, 0) is 0 Å². The van der Waals surface area contributed by atoms with E-state index in [2.05, 4.69) is 4.98 Å². The van der Waals surface area contributed by atoms with Crippen molar-refractivity contribution in [3.8, 4) is 0 Å². The van der Waals surface area contributed by atoms with Crippen molar-refractivity contribution < 1.29 is 4.79 Å². The number of aromatic nitrogens is 1. The van der Waals surface area contributed by atoms with E-state index in [0.717, 1.165) is 32.4 Å². The molecule has 23 heavy (non-hydrogen) atoms. The Hall–Kier alpha value is -1.14. The maximum Gasteiger partial charge on any atom is 0.264 e. The summed E-state index contributed by atoms with van der Waals surface area (Å²) in [5.41, 5.74) is 0. The molecule has 0 unspecified atom stereocenters. The number of carbonyl (C=O) groups is 1. The third kappa shape index (κ3) is 3.69. The van der Waals surface area contributed by atoms with Crippen LogP contribution in [-0.4, -0.2) is 43.0 Å². The highest BCUT2D eigenvalue weighted by molar-refractivity contribution is 7.29. The van der Waals surface area contributed by atoms with Gasteiger partial charge in [0, 0.05) is 27.2 Å². The van der Waals surface area contributed by atoms with Crippen LogP contribution in [0.2, 0.25) is 0 Å². The molecule has 1 amide bonds. The monoisotopic (exact) mass is 351 g/mol. The summed E-state index contributed by atoms with van der Waals surface area (Å²) in [5.74, 6) is 0.164. The van der Waals surface area contributed by atoms with Crippen molar-refractivity contribution in [2.75, 3.05) is 26.0 Å². The van der Waals surface area contributed by atoms with Crippen molar-refractivity contribution in [2.45, 2.75) is 51.0 Å². The standard InChI is InChI=1S/C17H25N3OS2/c1-19(2)17-18-15-13(23-17)11-14(22-15)16(21)20(3)12-9-7-5-4-6-8-10-12/h11-12H,4-10H2,1-3H3. The highest BCUT2D eigenvalue weighted by atomic mass is 32.1. The van der Waals surface area contributed by atoms with Crippen LogP contribution >= 0.6 is 22.7 Å². The Morgan fingerprint density at radius 1 is 1.09 bits per heavy atom. The highest BCUT2D eigenvalue weighted by Gasteiger charge is 2.24. The van der Waals surface area contributed by atoms with Crippen LogP contribution in [0, 0.1) is 0 Å². The summed E-state index contributed by atoms with van der Waals surface area (Å²) in [7, 11) is 5.97.